The summed E-state index contributed by atoms with van der Waals surface area (Å²) in [5.74, 6) is -0.890. The van der Waals surface area contributed by atoms with Crippen molar-refractivity contribution in [1.29, 1.82) is 0 Å². The molecule has 0 saturated carbocycles. The van der Waals surface area contributed by atoms with E-state index in [0.29, 0.717) is 10.0 Å². The van der Waals surface area contributed by atoms with Gasteiger partial charge in [0.2, 0.25) is 5.91 Å². The van der Waals surface area contributed by atoms with Crippen LogP contribution in [0.1, 0.15) is 17.0 Å². The lowest BCUT2D eigenvalue weighted by Gasteiger charge is -2.14. The third-order valence-electron chi connectivity index (χ3n) is 2.69. The average molecular weight is 280 g/mol. The largest absolute Gasteiger partial charge is 0.369 e. The maximum absolute atomic E-state index is 11.6. The Morgan fingerprint density at radius 2 is 1.17 bits per heavy atom. The van der Waals surface area contributed by atoms with Gasteiger partial charge in [-0.05, 0) is 35.4 Å². The molecule has 0 atom stereocenters. The third kappa shape index (κ3) is 2.84. The van der Waals surface area contributed by atoms with Gasteiger partial charge in [0.15, 0.2) is 0 Å². The first-order valence-corrected chi connectivity index (χ1v) is 6.14. The Morgan fingerprint density at radius 1 is 0.833 bits per heavy atom. The molecule has 4 heteroatoms. The molecule has 0 aliphatic rings. The van der Waals surface area contributed by atoms with Gasteiger partial charge in [-0.1, -0.05) is 47.5 Å². The van der Waals surface area contributed by atoms with Gasteiger partial charge in [-0.25, -0.2) is 0 Å². The van der Waals surface area contributed by atoms with E-state index in [1.165, 1.54) is 0 Å². The van der Waals surface area contributed by atoms with E-state index in [0.717, 1.165) is 11.1 Å². The molecule has 0 aromatic heterocycles. The van der Waals surface area contributed by atoms with Gasteiger partial charge in [0.25, 0.3) is 0 Å². The van der Waals surface area contributed by atoms with Crippen LogP contribution in [0, 0.1) is 0 Å². The van der Waals surface area contributed by atoms with Crippen LogP contribution in [0.3, 0.4) is 0 Å². The van der Waals surface area contributed by atoms with Crippen molar-refractivity contribution in [2.24, 2.45) is 5.73 Å². The first-order valence-electron chi connectivity index (χ1n) is 5.38. The number of nitrogens with two attached hydrogens (primary N) is 1. The van der Waals surface area contributed by atoms with Crippen LogP contribution in [0.4, 0.5) is 0 Å². The quantitative estimate of drug-likeness (QED) is 0.916. The lowest BCUT2D eigenvalue weighted by atomic mass is 9.91. The Morgan fingerprint density at radius 3 is 1.44 bits per heavy atom. The molecule has 0 unspecified atom stereocenters. The second kappa shape index (κ2) is 5.42. The standard InChI is InChI=1S/C14H11Cl2NO/c15-11-5-1-9(2-6-11)13(14(17)18)10-3-7-12(16)8-4-10/h1-8,13H,(H2,17,18). The number of hydrogen-bond donors (Lipinski definition) is 1. The highest BCUT2D eigenvalue weighted by Crippen LogP contribution is 2.26. The van der Waals surface area contributed by atoms with E-state index in [9.17, 15) is 4.79 Å². The molecule has 0 aliphatic heterocycles. The molecule has 0 heterocycles. The molecule has 1 amide bonds. The van der Waals surface area contributed by atoms with Gasteiger partial charge in [0.1, 0.15) is 0 Å². The van der Waals surface area contributed by atoms with Crippen molar-refractivity contribution in [2.75, 3.05) is 0 Å². The van der Waals surface area contributed by atoms with Gasteiger partial charge in [0, 0.05) is 10.0 Å². The Hall–Kier alpha value is -1.51. The molecule has 2 aromatic rings. The molecule has 0 fully saturated rings. The van der Waals surface area contributed by atoms with Crippen LogP contribution in [-0.2, 0) is 4.79 Å². The molecule has 92 valence electrons. The maximum atomic E-state index is 11.6. The van der Waals surface area contributed by atoms with Crippen LogP contribution in [0.15, 0.2) is 48.5 Å². The van der Waals surface area contributed by atoms with E-state index >= 15 is 0 Å². The third-order valence-corrected chi connectivity index (χ3v) is 3.20. The molecule has 2 N–H and O–H groups in total. The van der Waals surface area contributed by atoms with Crippen molar-refractivity contribution in [3.05, 3.63) is 69.7 Å². The molecule has 2 rings (SSSR count). The summed E-state index contributed by atoms with van der Waals surface area (Å²) in [6.45, 7) is 0. The van der Waals surface area contributed by atoms with E-state index < -0.39 is 11.8 Å². The highest BCUT2D eigenvalue weighted by Gasteiger charge is 2.19. The Kier molecular flexibility index (Phi) is 3.90. The average Bonchev–Trinajstić information content (AvgIpc) is 2.34. The number of benzene rings is 2. The Bertz CT molecular complexity index is 504. The molecule has 0 bridgehead atoms. The number of carbonyl (C=O) groups is 1. The minimum atomic E-state index is -0.487. The summed E-state index contributed by atoms with van der Waals surface area (Å²) in [7, 11) is 0. The molecule has 0 spiro atoms. The molecule has 2 aromatic carbocycles. The predicted molar refractivity (Wildman–Crippen MR) is 73.9 cm³/mol. The van der Waals surface area contributed by atoms with Crippen molar-refractivity contribution in [1.82, 2.24) is 0 Å². The van der Waals surface area contributed by atoms with Crippen LogP contribution in [0.5, 0.6) is 0 Å². The van der Waals surface area contributed by atoms with Gasteiger partial charge >= 0.3 is 0 Å². The maximum Gasteiger partial charge on any atom is 0.229 e. The highest BCUT2D eigenvalue weighted by molar-refractivity contribution is 6.30. The lowest BCUT2D eigenvalue weighted by Crippen LogP contribution is -2.22. The highest BCUT2D eigenvalue weighted by atomic mass is 35.5. The van der Waals surface area contributed by atoms with E-state index in [2.05, 4.69) is 0 Å². The van der Waals surface area contributed by atoms with Crippen LogP contribution >= 0.6 is 23.2 Å². The zero-order valence-corrected chi connectivity index (χ0v) is 10.9. The lowest BCUT2D eigenvalue weighted by molar-refractivity contribution is -0.118. The zero-order valence-electron chi connectivity index (χ0n) is 9.44. The smallest absolute Gasteiger partial charge is 0.229 e. The van der Waals surface area contributed by atoms with Crippen LogP contribution in [0.2, 0.25) is 10.0 Å². The van der Waals surface area contributed by atoms with Crippen LogP contribution in [0.25, 0.3) is 0 Å². The van der Waals surface area contributed by atoms with Crippen molar-refractivity contribution in [3.8, 4) is 0 Å². The Labute approximate surface area is 115 Å². The first-order chi connectivity index (χ1) is 8.58. The molecule has 2 nitrogen and oxygen atoms in total. The van der Waals surface area contributed by atoms with Crippen LogP contribution < -0.4 is 5.73 Å². The summed E-state index contributed by atoms with van der Waals surface area (Å²) in [6.07, 6.45) is 0. The number of amides is 1. The van der Waals surface area contributed by atoms with Gasteiger partial charge in [-0.2, -0.15) is 0 Å². The normalized spacial score (nSPS) is 10.6. The molecule has 0 aliphatic carbocycles. The molecule has 18 heavy (non-hydrogen) atoms. The molecule has 0 saturated heterocycles. The second-order valence-electron chi connectivity index (χ2n) is 3.94. The SMILES string of the molecule is NC(=O)C(c1ccc(Cl)cc1)c1ccc(Cl)cc1. The minimum absolute atomic E-state index is 0.403. The van der Waals surface area contributed by atoms with Crippen molar-refractivity contribution in [3.63, 3.8) is 0 Å². The number of primary amides is 1. The summed E-state index contributed by atoms with van der Waals surface area (Å²) < 4.78 is 0. The van der Waals surface area contributed by atoms with E-state index in [1.54, 1.807) is 48.5 Å². The zero-order chi connectivity index (χ0) is 13.1. The number of halogens is 2. The number of rotatable bonds is 3. The van der Waals surface area contributed by atoms with Crippen molar-refractivity contribution in [2.45, 2.75) is 5.92 Å². The van der Waals surface area contributed by atoms with Gasteiger partial charge in [0.05, 0.1) is 5.92 Å². The number of carbonyl (C=O) groups excluding carboxylic acids is 1. The first kappa shape index (κ1) is 12.9. The van der Waals surface area contributed by atoms with E-state index in [-0.39, 0.29) is 0 Å². The summed E-state index contributed by atoms with van der Waals surface area (Å²) >= 11 is 11.7. The monoisotopic (exact) mass is 279 g/mol. The number of hydrogen-bond acceptors (Lipinski definition) is 1. The van der Waals surface area contributed by atoms with Crippen molar-refractivity contribution >= 4 is 29.1 Å². The molecular formula is C14H11Cl2NO. The summed E-state index contributed by atoms with van der Waals surface area (Å²) in [5.41, 5.74) is 7.10. The van der Waals surface area contributed by atoms with Crippen molar-refractivity contribution < 1.29 is 4.79 Å². The fraction of sp³-hybridized carbons (Fsp3) is 0.0714. The van der Waals surface area contributed by atoms with Crippen LogP contribution in [-0.4, -0.2) is 5.91 Å². The van der Waals surface area contributed by atoms with Gasteiger partial charge < -0.3 is 5.73 Å². The Balaban J connectivity index is 2.43. The summed E-state index contributed by atoms with van der Waals surface area (Å²) in [5, 5.41) is 1.25. The van der Waals surface area contributed by atoms with E-state index in [1.807, 2.05) is 0 Å². The van der Waals surface area contributed by atoms with Gasteiger partial charge in [-0.15, -0.1) is 0 Å². The summed E-state index contributed by atoms with van der Waals surface area (Å²) in [4.78, 5) is 11.6. The minimum Gasteiger partial charge on any atom is -0.369 e. The molecule has 0 radical (unpaired) electrons. The fourth-order valence-electron chi connectivity index (χ4n) is 1.83. The summed E-state index contributed by atoms with van der Waals surface area (Å²) in [6, 6.07) is 14.1. The van der Waals surface area contributed by atoms with Gasteiger partial charge in [-0.3, -0.25) is 4.79 Å². The van der Waals surface area contributed by atoms with E-state index in [4.69, 9.17) is 28.9 Å². The second-order valence-corrected chi connectivity index (χ2v) is 4.81. The predicted octanol–water partition coefficient (Wildman–Crippen LogP) is 3.61. The molecular weight excluding hydrogens is 269 g/mol. The topological polar surface area (TPSA) is 43.1 Å². The fourth-order valence-corrected chi connectivity index (χ4v) is 2.08.